The number of likely N-dealkylation sites (tertiary alicyclic amines) is 2. The van der Waals surface area contributed by atoms with Crippen LogP contribution < -0.4 is 0 Å². The van der Waals surface area contributed by atoms with E-state index in [1.165, 1.54) is 45.2 Å². The summed E-state index contributed by atoms with van der Waals surface area (Å²) in [7, 11) is 0. The molecule has 2 atom stereocenters. The number of carboxylic acids is 1. The summed E-state index contributed by atoms with van der Waals surface area (Å²) in [5.41, 5.74) is 0. The zero-order valence-corrected chi connectivity index (χ0v) is 12.9. The third-order valence-corrected chi connectivity index (χ3v) is 4.98. The Labute approximate surface area is 123 Å². The normalized spacial score (nSPS) is 28.2. The van der Waals surface area contributed by atoms with Crippen molar-refractivity contribution in [2.24, 2.45) is 0 Å². The zero-order chi connectivity index (χ0) is 14.4. The van der Waals surface area contributed by atoms with Crippen LogP contribution in [0.3, 0.4) is 0 Å². The largest absolute Gasteiger partial charge is 0.480 e. The Hall–Kier alpha value is -0.610. The molecule has 0 spiro atoms. The van der Waals surface area contributed by atoms with Crippen LogP contribution >= 0.6 is 0 Å². The van der Waals surface area contributed by atoms with Gasteiger partial charge >= 0.3 is 5.97 Å². The molecule has 0 radical (unpaired) electrons. The molecule has 0 saturated carbocycles. The molecular weight excluding hydrogens is 252 g/mol. The molecule has 4 nitrogen and oxygen atoms in total. The summed E-state index contributed by atoms with van der Waals surface area (Å²) in [4.78, 5) is 15.8. The van der Waals surface area contributed by atoms with Gasteiger partial charge in [0.05, 0.1) is 0 Å². The number of nitrogens with zero attached hydrogens (tertiary/aromatic N) is 2. The van der Waals surface area contributed by atoms with E-state index < -0.39 is 5.97 Å². The quantitative estimate of drug-likeness (QED) is 0.695. The minimum Gasteiger partial charge on any atom is -0.480 e. The number of aliphatic carboxylic acids is 1. The first-order chi connectivity index (χ1) is 9.68. The number of unbranched alkanes of at least 4 members (excludes halogenated alkanes) is 3. The molecule has 116 valence electrons. The van der Waals surface area contributed by atoms with Crippen LogP contribution in [-0.4, -0.2) is 59.1 Å². The molecule has 2 heterocycles. The topological polar surface area (TPSA) is 43.8 Å². The summed E-state index contributed by atoms with van der Waals surface area (Å²) in [6.45, 7) is 6.82. The predicted octanol–water partition coefficient (Wildman–Crippen LogP) is 2.58. The summed E-state index contributed by atoms with van der Waals surface area (Å²) >= 11 is 0. The van der Waals surface area contributed by atoms with E-state index in [9.17, 15) is 4.79 Å². The zero-order valence-electron chi connectivity index (χ0n) is 12.9. The number of hydrogen-bond donors (Lipinski definition) is 1. The Kier molecular flexibility index (Phi) is 6.30. The molecule has 0 aliphatic carbocycles. The van der Waals surface area contributed by atoms with E-state index in [4.69, 9.17) is 5.11 Å². The second-order valence-electron chi connectivity index (χ2n) is 6.47. The van der Waals surface area contributed by atoms with Crippen molar-refractivity contribution < 1.29 is 9.90 Å². The molecule has 20 heavy (non-hydrogen) atoms. The van der Waals surface area contributed by atoms with Crippen LogP contribution in [0.1, 0.15) is 58.3 Å². The monoisotopic (exact) mass is 282 g/mol. The number of carboxylic acid groups (broad SMARTS) is 1. The predicted molar refractivity (Wildman–Crippen MR) is 81.0 cm³/mol. The molecule has 2 rings (SSSR count). The van der Waals surface area contributed by atoms with Crippen LogP contribution in [0.4, 0.5) is 0 Å². The molecule has 0 amide bonds. The van der Waals surface area contributed by atoms with Crippen molar-refractivity contribution in [2.75, 3.05) is 26.2 Å². The van der Waals surface area contributed by atoms with Gasteiger partial charge in [-0.1, -0.05) is 12.8 Å². The van der Waals surface area contributed by atoms with E-state index in [1.807, 2.05) is 0 Å². The van der Waals surface area contributed by atoms with E-state index in [1.54, 1.807) is 0 Å². The van der Waals surface area contributed by atoms with Gasteiger partial charge in [-0.25, -0.2) is 0 Å². The maximum Gasteiger partial charge on any atom is 0.320 e. The Morgan fingerprint density at radius 2 is 1.60 bits per heavy atom. The minimum absolute atomic E-state index is 0.208. The average Bonchev–Trinajstić information content (AvgIpc) is 3.03. The van der Waals surface area contributed by atoms with Crippen LogP contribution in [0, 0.1) is 0 Å². The van der Waals surface area contributed by atoms with Crippen LogP contribution in [0.5, 0.6) is 0 Å². The molecule has 2 aliphatic heterocycles. The Balaban J connectivity index is 1.50. The van der Waals surface area contributed by atoms with Crippen LogP contribution in [0.15, 0.2) is 0 Å². The van der Waals surface area contributed by atoms with E-state index in [0.717, 1.165) is 38.4 Å². The maximum absolute atomic E-state index is 11.1. The standard InChI is InChI=1S/C16H30N2O2/c1-14-8-6-12-17(14)10-4-2-3-5-11-18-13-7-9-15(18)16(19)20/h14-15H,2-13H2,1H3,(H,19,20). The first-order valence-electron chi connectivity index (χ1n) is 8.39. The summed E-state index contributed by atoms with van der Waals surface area (Å²) in [6, 6.07) is 0.580. The summed E-state index contributed by atoms with van der Waals surface area (Å²) < 4.78 is 0. The van der Waals surface area contributed by atoms with E-state index >= 15 is 0 Å². The minimum atomic E-state index is -0.634. The lowest BCUT2D eigenvalue weighted by atomic mass is 10.1. The fraction of sp³-hybridized carbons (Fsp3) is 0.938. The van der Waals surface area contributed by atoms with Gasteiger partial charge in [0.15, 0.2) is 0 Å². The lowest BCUT2D eigenvalue weighted by Crippen LogP contribution is -2.36. The van der Waals surface area contributed by atoms with Crippen LogP contribution in [0.2, 0.25) is 0 Å². The first kappa shape index (κ1) is 15.8. The fourth-order valence-electron chi connectivity index (χ4n) is 3.68. The average molecular weight is 282 g/mol. The third-order valence-electron chi connectivity index (χ3n) is 4.98. The second-order valence-corrected chi connectivity index (χ2v) is 6.47. The lowest BCUT2D eigenvalue weighted by Gasteiger charge is -2.22. The maximum atomic E-state index is 11.1. The number of hydrogen-bond acceptors (Lipinski definition) is 3. The summed E-state index contributed by atoms with van der Waals surface area (Å²) in [6.07, 6.45) is 9.59. The van der Waals surface area contributed by atoms with Gasteiger partial charge in [-0.15, -0.1) is 0 Å². The van der Waals surface area contributed by atoms with Gasteiger partial charge in [0.2, 0.25) is 0 Å². The Morgan fingerprint density at radius 3 is 2.20 bits per heavy atom. The third kappa shape index (κ3) is 4.45. The van der Waals surface area contributed by atoms with Gasteiger partial charge in [-0.2, -0.15) is 0 Å². The molecule has 2 aliphatic rings. The SMILES string of the molecule is CC1CCCN1CCCCCCN1CCCC1C(=O)O. The van der Waals surface area contributed by atoms with E-state index in [0.29, 0.717) is 0 Å². The molecule has 0 bridgehead atoms. The van der Waals surface area contributed by atoms with E-state index in [2.05, 4.69) is 16.7 Å². The van der Waals surface area contributed by atoms with Crippen LogP contribution in [0.25, 0.3) is 0 Å². The van der Waals surface area contributed by atoms with Crippen molar-refractivity contribution in [2.45, 2.75) is 70.4 Å². The van der Waals surface area contributed by atoms with E-state index in [-0.39, 0.29) is 6.04 Å². The molecule has 1 N–H and O–H groups in total. The van der Waals surface area contributed by atoms with Crippen molar-refractivity contribution in [1.29, 1.82) is 0 Å². The fourth-order valence-corrected chi connectivity index (χ4v) is 3.68. The Bertz CT molecular complexity index is 309. The highest BCUT2D eigenvalue weighted by Crippen LogP contribution is 2.19. The molecule has 4 heteroatoms. The van der Waals surface area contributed by atoms with Gasteiger partial charge in [0.25, 0.3) is 0 Å². The van der Waals surface area contributed by atoms with Crippen molar-refractivity contribution in [3.8, 4) is 0 Å². The molecule has 0 aromatic heterocycles. The summed E-state index contributed by atoms with van der Waals surface area (Å²) in [5, 5.41) is 9.12. The highest BCUT2D eigenvalue weighted by atomic mass is 16.4. The van der Waals surface area contributed by atoms with Crippen LogP contribution in [-0.2, 0) is 4.79 Å². The van der Waals surface area contributed by atoms with Crippen molar-refractivity contribution in [1.82, 2.24) is 9.80 Å². The molecule has 0 aromatic rings. The smallest absolute Gasteiger partial charge is 0.320 e. The van der Waals surface area contributed by atoms with Gasteiger partial charge in [-0.05, 0) is 71.6 Å². The Morgan fingerprint density at radius 1 is 1.00 bits per heavy atom. The van der Waals surface area contributed by atoms with Crippen molar-refractivity contribution >= 4 is 5.97 Å². The van der Waals surface area contributed by atoms with Gasteiger partial charge in [0, 0.05) is 6.04 Å². The lowest BCUT2D eigenvalue weighted by molar-refractivity contribution is -0.142. The second kappa shape index (κ2) is 7.99. The van der Waals surface area contributed by atoms with Gasteiger partial charge in [0.1, 0.15) is 6.04 Å². The molecule has 0 aromatic carbocycles. The van der Waals surface area contributed by atoms with Gasteiger partial charge in [-0.3, -0.25) is 9.69 Å². The highest BCUT2D eigenvalue weighted by Gasteiger charge is 2.29. The number of carbonyl (C=O) groups is 1. The summed E-state index contributed by atoms with van der Waals surface area (Å²) in [5.74, 6) is -0.634. The molecule has 2 fully saturated rings. The molecule has 2 unspecified atom stereocenters. The molecule has 2 saturated heterocycles. The molecular formula is C16H30N2O2. The van der Waals surface area contributed by atoms with Crippen molar-refractivity contribution in [3.63, 3.8) is 0 Å². The number of rotatable bonds is 8. The van der Waals surface area contributed by atoms with Crippen molar-refractivity contribution in [3.05, 3.63) is 0 Å². The van der Waals surface area contributed by atoms with Gasteiger partial charge < -0.3 is 10.0 Å². The first-order valence-corrected chi connectivity index (χ1v) is 8.39. The highest BCUT2D eigenvalue weighted by molar-refractivity contribution is 5.73.